The van der Waals surface area contributed by atoms with E-state index in [1.54, 1.807) is 17.4 Å². The lowest BCUT2D eigenvalue weighted by Crippen LogP contribution is -2.21. The molecule has 1 aromatic heterocycles. The van der Waals surface area contributed by atoms with Gasteiger partial charge in [0.25, 0.3) is 0 Å². The molecule has 3 nitrogen and oxygen atoms in total. The Morgan fingerprint density at radius 2 is 1.89 bits per heavy atom. The molecule has 96 valence electrons. The molecule has 0 radical (unpaired) electrons. The molecule has 0 bridgehead atoms. The molecule has 0 aliphatic rings. The van der Waals surface area contributed by atoms with E-state index in [4.69, 9.17) is 0 Å². The van der Waals surface area contributed by atoms with Crippen molar-refractivity contribution in [1.29, 1.82) is 0 Å². The van der Waals surface area contributed by atoms with Crippen LogP contribution in [0.5, 0.6) is 11.5 Å². The van der Waals surface area contributed by atoms with Crippen LogP contribution < -0.4 is 5.32 Å². The summed E-state index contributed by atoms with van der Waals surface area (Å²) < 4.78 is 0. The molecule has 3 N–H and O–H groups in total. The van der Waals surface area contributed by atoms with Gasteiger partial charge in [-0.1, -0.05) is 6.07 Å². The minimum absolute atomic E-state index is 0.0331. The van der Waals surface area contributed by atoms with Gasteiger partial charge in [-0.05, 0) is 43.5 Å². The number of benzene rings is 1. The van der Waals surface area contributed by atoms with Gasteiger partial charge < -0.3 is 15.5 Å². The van der Waals surface area contributed by atoms with Gasteiger partial charge in [-0.2, -0.15) is 0 Å². The van der Waals surface area contributed by atoms with Crippen molar-refractivity contribution in [1.82, 2.24) is 5.32 Å². The molecule has 18 heavy (non-hydrogen) atoms. The van der Waals surface area contributed by atoms with E-state index in [1.165, 1.54) is 17.0 Å². The van der Waals surface area contributed by atoms with Crippen LogP contribution in [0.25, 0.3) is 0 Å². The largest absolute Gasteiger partial charge is 0.508 e. The predicted molar refractivity (Wildman–Crippen MR) is 74.1 cm³/mol. The van der Waals surface area contributed by atoms with E-state index in [1.807, 2.05) is 18.4 Å². The third-order valence-electron chi connectivity index (χ3n) is 2.95. The van der Waals surface area contributed by atoms with Crippen LogP contribution in [0.4, 0.5) is 0 Å². The lowest BCUT2D eigenvalue weighted by atomic mass is 10.1. The topological polar surface area (TPSA) is 52.5 Å². The average Bonchev–Trinajstić information content (AvgIpc) is 2.85. The third-order valence-corrected chi connectivity index (χ3v) is 4.00. The van der Waals surface area contributed by atoms with E-state index in [2.05, 4.69) is 18.3 Å². The summed E-state index contributed by atoms with van der Waals surface area (Å²) in [6.45, 7) is 4.06. The monoisotopic (exact) mass is 263 g/mol. The Hall–Kier alpha value is -1.52. The first-order valence-electron chi connectivity index (χ1n) is 5.89. The van der Waals surface area contributed by atoms with Gasteiger partial charge >= 0.3 is 0 Å². The van der Waals surface area contributed by atoms with Crippen molar-refractivity contribution in [2.45, 2.75) is 25.9 Å². The molecule has 2 aromatic rings. The lowest BCUT2D eigenvalue weighted by molar-refractivity contribution is 0.430. The highest BCUT2D eigenvalue weighted by molar-refractivity contribution is 7.10. The Bertz CT molecular complexity index is 511. The maximum absolute atomic E-state index is 9.80. The minimum Gasteiger partial charge on any atom is -0.508 e. The second kappa shape index (κ2) is 5.42. The molecule has 0 saturated carbocycles. The van der Waals surface area contributed by atoms with Gasteiger partial charge in [-0.3, -0.25) is 0 Å². The van der Waals surface area contributed by atoms with Gasteiger partial charge in [-0.25, -0.2) is 0 Å². The molecule has 1 aromatic carbocycles. The molecule has 0 saturated heterocycles. The number of rotatable bonds is 4. The highest BCUT2D eigenvalue weighted by Gasteiger charge is 2.15. The maximum atomic E-state index is 9.80. The summed E-state index contributed by atoms with van der Waals surface area (Å²) in [5.41, 5.74) is 0.707. The van der Waals surface area contributed by atoms with Crippen LogP contribution in [-0.2, 0) is 0 Å². The molecule has 0 fully saturated rings. The highest BCUT2D eigenvalue weighted by atomic mass is 32.1. The SMILES string of the molecule is CC(N[C@@H](C)c1cccs1)c1cc(O)ccc1O. The molecule has 0 aliphatic heterocycles. The van der Waals surface area contributed by atoms with Crippen LogP contribution in [0.15, 0.2) is 35.7 Å². The average molecular weight is 263 g/mol. The number of nitrogens with one attached hydrogen (secondary N) is 1. The smallest absolute Gasteiger partial charge is 0.120 e. The first-order chi connectivity index (χ1) is 8.58. The van der Waals surface area contributed by atoms with Crippen molar-refractivity contribution in [3.63, 3.8) is 0 Å². The number of phenolic OH excluding ortho intramolecular Hbond substituents is 2. The fourth-order valence-electron chi connectivity index (χ4n) is 1.97. The van der Waals surface area contributed by atoms with Gasteiger partial charge in [-0.15, -0.1) is 11.3 Å². The fraction of sp³-hybridized carbons (Fsp3) is 0.286. The molecular formula is C14H17NO2S. The molecule has 2 rings (SSSR count). The van der Waals surface area contributed by atoms with Crippen LogP contribution in [0, 0.1) is 0 Å². The zero-order valence-electron chi connectivity index (χ0n) is 10.4. The number of hydrogen-bond acceptors (Lipinski definition) is 4. The summed E-state index contributed by atoms with van der Waals surface area (Å²) >= 11 is 1.70. The predicted octanol–water partition coefficient (Wildman–Crippen LogP) is 3.57. The van der Waals surface area contributed by atoms with Crippen molar-refractivity contribution in [2.75, 3.05) is 0 Å². The Kier molecular flexibility index (Phi) is 3.89. The van der Waals surface area contributed by atoms with Gasteiger partial charge in [0.15, 0.2) is 0 Å². The summed E-state index contributed by atoms with van der Waals surface area (Å²) in [4.78, 5) is 1.25. The van der Waals surface area contributed by atoms with Gasteiger partial charge in [0, 0.05) is 22.5 Å². The van der Waals surface area contributed by atoms with Crippen LogP contribution >= 0.6 is 11.3 Å². The van der Waals surface area contributed by atoms with E-state index in [0.29, 0.717) is 5.56 Å². The number of phenols is 2. The second-order valence-corrected chi connectivity index (χ2v) is 5.35. The Morgan fingerprint density at radius 3 is 2.56 bits per heavy atom. The quantitative estimate of drug-likeness (QED) is 0.739. The Morgan fingerprint density at radius 1 is 1.11 bits per heavy atom. The molecular weight excluding hydrogens is 246 g/mol. The minimum atomic E-state index is -0.0331. The number of aromatic hydroxyl groups is 2. The molecule has 4 heteroatoms. The van der Waals surface area contributed by atoms with Crippen LogP contribution in [0.3, 0.4) is 0 Å². The van der Waals surface area contributed by atoms with Crippen molar-refractivity contribution < 1.29 is 10.2 Å². The van der Waals surface area contributed by atoms with E-state index in [0.717, 1.165) is 0 Å². The number of thiophene rings is 1. The summed E-state index contributed by atoms with van der Waals surface area (Å²) in [6, 6.07) is 8.86. The Balaban J connectivity index is 2.12. The molecule has 0 amide bonds. The lowest BCUT2D eigenvalue weighted by Gasteiger charge is -2.20. The van der Waals surface area contributed by atoms with Crippen molar-refractivity contribution in [3.05, 3.63) is 46.2 Å². The molecule has 0 spiro atoms. The zero-order valence-corrected chi connectivity index (χ0v) is 11.2. The molecule has 1 heterocycles. The molecule has 1 unspecified atom stereocenters. The van der Waals surface area contributed by atoms with E-state index < -0.39 is 0 Å². The van der Waals surface area contributed by atoms with Crippen molar-refractivity contribution >= 4 is 11.3 Å². The highest BCUT2D eigenvalue weighted by Crippen LogP contribution is 2.30. The van der Waals surface area contributed by atoms with E-state index in [-0.39, 0.29) is 23.6 Å². The fourth-order valence-corrected chi connectivity index (χ4v) is 2.72. The van der Waals surface area contributed by atoms with Crippen LogP contribution in [0.2, 0.25) is 0 Å². The number of hydrogen-bond donors (Lipinski definition) is 3. The molecule has 0 aliphatic carbocycles. The standard InChI is InChI=1S/C14H17NO2S/c1-9(12-8-11(16)5-6-13(12)17)15-10(2)14-4-3-7-18-14/h3-10,15-17H,1-2H3/t9?,10-/m0/s1. The third kappa shape index (κ3) is 2.83. The van der Waals surface area contributed by atoms with Gasteiger partial charge in [0.1, 0.15) is 11.5 Å². The summed E-state index contributed by atoms with van der Waals surface area (Å²) in [5, 5.41) is 24.7. The summed E-state index contributed by atoms with van der Waals surface area (Å²) in [7, 11) is 0. The second-order valence-electron chi connectivity index (χ2n) is 4.37. The maximum Gasteiger partial charge on any atom is 0.120 e. The Labute approximate surface area is 111 Å². The van der Waals surface area contributed by atoms with Gasteiger partial charge in [0.2, 0.25) is 0 Å². The van der Waals surface area contributed by atoms with E-state index >= 15 is 0 Å². The van der Waals surface area contributed by atoms with E-state index in [9.17, 15) is 10.2 Å². The normalized spacial score (nSPS) is 14.3. The van der Waals surface area contributed by atoms with Crippen molar-refractivity contribution in [3.8, 4) is 11.5 Å². The molecule has 2 atom stereocenters. The van der Waals surface area contributed by atoms with Crippen molar-refractivity contribution in [2.24, 2.45) is 0 Å². The van der Waals surface area contributed by atoms with Gasteiger partial charge in [0.05, 0.1) is 0 Å². The van der Waals surface area contributed by atoms with Crippen LogP contribution in [-0.4, -0.2) is 10.2 Å². The zero-order chi connectivity index (χ0) is 13.1. The van der Waals surface area contributed by atoms with Crippen LogP contribution in [0.1, 0.15) is 36.4 Å². The first kappa shape index (κ1) is 12.9. The first-order valence-corrected chi connectivity index (χ1v) is 6.77. The summed E-state index contributed by atoms with van der Waals surface area (Å²) in [5.74, 6) is 0.367. The summed E-state index contributed by atoms with van der Waals surface area (Å²) in [6.07, 6.45) is 0.